The molecule has 4 heteroatoms. The fourth-order valence-electron chi connectivity index (χ4n) is 2.25. The van der Waals surface area contributed by atoms with Gasteiger partial charge in [0.2, 0.25) is 0 Å². The van der Waals surface area contributed by atoms with Crippen LogP contribution in [0, 0.1) is 5.92 Å². The maximum absolute atomic E-state index is 11.6. The second-order valence-electron chi connectivity index (χ2n) is 4.34. The van der Waals surface area contributed by atoms with Crippen LogP contribution in [0.4, 0.5) is 4.79 Å². The van der Waals surface area contributed by atoms with Gasteiger partial charge >= 0.3 is 6.03 Å². The zero-order valence-corrected chi connectivity index (χ0v) is 8.83. The first-order chi connectivity index (χ1) is 6.77. The van der Waals surface area contributed by atoms with Crippen molar-refractivity contribution in [3.63, 3.8) is 0 Å². The summed E-state index contributed by atoms with van der Waals surface area (Å²) >= 11 is 0. The lowest BCUT2D eigenvalue weighted by Crippen LogP contribution is -2.38. The van der Waals surface area contributed by atoms with Gasteiger partial charge in [0.1, 0.15) is 0 Å². The first-order valence-electron chi connectivity index (χ1n) is 5.48. The standard InChI is InChI=1S/C10H19N3O/c1-12-6-7-13(10(12)14)8-9-2-4-11-5-3-9/h9,11H,2-8H2,1H3. The zero-order valence-electron chi connectivity index (χ0n) is 8.83. The molecule has 2 aliphatic rings. The highest BCUT2D eigenvalue weighted by atomic mass is 16.2. The van der Waals surface area contributed by atoms with Gasteiger partial charge in [-0.2, -0.15) is 0 Å². The van der Waals surface area contributed by atoms with Crippen molar-refractivity contribution in [2.75, 3.05) is 39.8 Å². The minimum Gasteiger partial charge on any atom is -0.326 e. The van der Waals surface area contributed by atoms with E-state index in [0.29, 0.717) is 5.92 Å². The molecule has 0 aromatic rings. The van der Waals surface area contributed by atoms with E-state index in [4.69, 9.17) is 0 Å². The van der Waals surface area contributed by atoms with Crippen LogP contribution in [0.2, 0.25) is 0 Å². The summed E-state index contributed by atoms with van der Waals surface area (Å²) in [5, 5.41) is 3.35. The van der Waals surface area contributed by atoms with Crippen LogP contribution in [0.25, 0.3) is 0 Å². The van der Waals surface area contributed by atoms with E-state index in [1.54, 1.807) is 4.90 Å². The first-order valence-corrected chi connectivity index (χ1v) is 5.48. The van der Waals surface area contributed by atoms with Crippen molar-refractivity contribution in [2.45, 2.75) is 12.8 Å². The van der Waals surface area contributed by atoms with Gasteiger partial charge in [0.05, 0.1) is 0 Å². The molecule has 1 N–H and O–H groups in total. The molecule has 2 heterocycles. The van der Waals surface area contributed by atoms with Gasteiger partial charge in [-0.25, -0.2) is 4.79 Å². The Morgan fingerprint density at radius 1 is 1.36 bits per heavy atom. The molecule has 0 spiro atoms. The summed E-state index contributed by atoms with van der Waals surface area (Å²) in [5.41, 5.74) is 0. The average Bonchev–Trinajstić information content (AvgIpc) is 2.52. The maximum atomic E-state index is 11.6. The number of rotatable bonds is 2. The fourth-order valence-corrected chi connectivity index (χ4v) is 2.25. The first kappa shape index (κ1) is 9.77. The van der Waals surface area contributed by atoms with Crippen molar-refractivity contribution in [2.24, 2.45) is 5.92 Å². The summed E-state index contributed by atoms with van der Waals surface area (Å²) in [6.45, 7) is 5.00. The topological polar surface area (TPSA) is 35.6 Å². The Balaban J connectivity index is 1.82. The third-order valence-corrected chi connectivity index (χ3v) is 3.24. The molecule has 2 saturated heterocycles. The van der Waals surface area contributed by atoms with Gasteiger partial charge in [0, 0.05) is 26.7 Å². The lowest BCUT2D eigenvalue weighted by Gasteiger charge is -2.27. The van der Waals surface area contributed by atoms with Gasteiger partial charge in [-0.1, -0.05) is 0 Å². The third-order valence-electron chi connectivity index (χ3n) is 3.24. The summed E-state index contributed by atoms with van der Waals surface area (Å²) < 4.78 is 0. The monoisotopic (exact) mass is 197 g/mol. The SMILES string of the molecule is CN1CCN(CC2CCNCC2)C1=O. The normalized spacial score (nSPS) is 24.8. The molecule has 2 fully saturated rings. The van der Waals surface area contributed by atoms with Gasteiger partial charge in [0.25, 0.3) is 0 Å². The van der Waals surface area contributed by atoms with E-state index in [0.717, 1.165) is 32.7 Å². The quantitative estimate of drug-likeness (QED) is 0.693. The van der Waals surface area contributed by atoms with Crippen LogP contribution in [0.3, 0.4) is 0 Å². The molecular weight excluding hydrogens is 178 g/mol. The van der Waals surface area contributed by atoms with Gasteiger partial charge in [-0.3, -0.25) is 0 Å². The average molecular weight is 197 g/mol. The molecular formula is C10H19N3O. The number of carbonyl (C=O) groups is 1. The number of nitrogens with zero attached hydrogens (tertiary/aromatic N) is 2. The minimum atomic E-state index is 0.212. The minimum absolute atomic E-state index is 0.212. The number of hydrogen-bond acceptors (Lipinski definition) is 2. The third kappa shape index (κ3) is 2.00. The van der Waals surface area contributed by atoms with E-state index in [2.05, 4.69) is 5.32 Å². The van der Waals surface area contributed by atoms with Crippen molar-refractivity contribution in [1.82, 2.24) is 15.1 Å². The molecule has 0 radical (unpaired) electrons. The van der Waals surface area contributed by atoms with Gasteiger partial charge < -0.3 is 15.1 Å². The fraction of sp³-hybridized carbons (Fsp3) is 0.900. The van der Waals surface area contributed by atoms with Crippen LogP contribution < -0.4 is 5.32 Å². The van der Waals surface area contributed by atoms with Gasteiger partial charge in [-0.05, 0) is 31.8 Å². The molecule has 0 bridgehead atoms. The molecule has 0 unspecified atom stereocenters. The Bertz CT molecular complexity index is 213. The van der Waals surface area contributed by atoms with Crippen LogP contribution in [-0.4, -0.2) is 55.6 Å². The molecule has 0 aromatic heterocycles. The van der Waals surface area contributed by atoms with Crippen molar-refractivity contribution < 1.29 is 4.79 Å². The second-order valence-corrected chi connectivity index (χ2v) is 4.34. The number of hydrogen-bond donors (Lipinski definition) is 1. The van der Waals surface area contributed by atoms with Crippen molar-refractivity contribution in [3.8, 4) is 0 Å². The number of amides is 2. The molecule has 80 valence electrons. The Labute approximate surface area is 85.2 Å². The molecule has 2 aliphatic heterocycles. The Hall–Kier alpha value is -0.770. The summed E-state index contributed by atoms with van der Waals surface area (Å²) in [6.07, 6.45) is 2.43. The molecule has 0 aromatic carbocycles. The second kappa shape index (κ2) is 4.17. The molecule has 0 aliphatic carbocycles. The summed E-state index contributed by atoms with van der Waals surface area (Å²) in [5.74, 6) is 0.715. The Morgan fingerprint density at radius 2 is 2.07 bits per heavy atom. The molecule has 2 rings (SSSR count). The van der Waals surface area contributed by atoms with Crippen LogP contribution in [0.5, 0.6) is 0 Å². The number of carbonyl (C=O) groups excluding carboxylic acids is 1. The molecule has 0 atom stereocenters. The summed E-state index contributed by atoms with van der Waals surface area (Å²) in [7, 11) is 1.88. The highest BCUT2D eigenvalue weighted by Crippen LogP contribution is 2.16. The summed E-state index contributed by atoms with van der Waals surface area (Å²) in [4.78, 5) is 15.4. The van der Waals surface area contributed by atoms with Crippen LogP contribution in [0.15, 0.2) is 0 Å². The predicted molar refractivity (Wildman–Crippen MR) is 55.2 cm³/mol. The molecule has 0 saturated carbocycles. The van der Waals surface area contributed by atoms with Crippen molar-refractivity contribution in [1.29, 1.82) is 0 Å². The highest BCUT2D eigenvalue weighted by Gasteiger charge is 2.27. The molecule has 4 nitrogen and oxygen atoms in total. The van der Waals surface area contributed by atoms with Gasteiger partial charge in [0.15, 0.2) is 0 Å². The summed E-state index contributed by atoms with van der Waals surface area (Å²) in [6, 6.07) is 0.212. The maximum Gasteiger partial charge on any atom is 0.319 e. The Morgan fingerprint density at radius 3 is 2.64 bits per heavy atom. The van der Waals surface area contributed by atoms with Crippen molar-refractivity contribution in [3.05, 3.63) is 0 Å². The largest absolute Gasteiger partial charge is 0.326 e. The van der Waals surface area contributed by atoms with Crippen LogP contribution >= 0.6 is 0 Å². The van der Waals surface area contributed by atoms with E-state index in [-0.39, 0.29) is 6.03 Å². The smallest absolute Gasteiger partial charge is 0.319 e. The molecule has 14 heavy (non-hydrogen) atoms. The van der Waals surface area contributed by atoms with Crippen LogP contribution in [0.1, 0.15) is 12.8 Å². The highest BCUT2D eigenvalue weighted by molar-refractivity contribution is 5.76. The number of likely N-dealkylation sites (N-methyl/N-ethyl adjacent to an activating group) is 1. The van der Waals surface area contributed by atoms with Crippen molar-refractivity contribution >= 4 is 6.03 Å². The van der Waals surface area contributed by atoms with E-state index in [1.165, 1.54) is 12.8 Å². The number of nitrogens with one attached hydrogen (secondary N) is 1. The lowest BCUT2D eigenvalue weighted by atomic mass is 9.98. The Kier molecular flexibility index (Phi) is 2.91. The van der Waals surface area contributed by atoms with E-state index >= 15 is 0 Å². The lowest BCUT2D eigenvalue weighted by molar-refractivity contribution is 0.186. The molecule has 2 amide bonds. The number of piperidine rings is 1. The van der Waals surface area contributed by atoms with E-state index < -0.39 is 0 Å². The zero-order chi connectivity index (χ0) is 9.97. The predicted octanol–water partition coefficient (Wildman–Crippen LogP) is 0.353. The van der Waals surface area contributed by atoms with E-state index in [1.807, 2.05) is 11.9 Å². The van der Waals surface area contributed by atoms with E-state index in [9.17, 15) is 4.79 Å². The van der Waals surface area contributed by atoms with Gasteiger partial charge in [-0.15, -0.1) is 0 Å². The number of urea groups is 1. The van der Waals surface area contributed by atoms with Crippen LogP contribution in [-0.2, 0) is 0 Å².